The number of amides is 1. The van der Waals surface area contributed by atoms with Gasteiger partial charge in [-0.2, -0.15) is 0 Å². The molecule has 1 aliphatic heterocycles. The topological polar surface area (TPSA) is 69.6 Å². The van der Waals surface area contributed by atoms with Crippen molar-refractivity contribution in [3.05, 3.63) is 22.7 Å². The number of hydrogen-bond acceptors (Lipinski definition) is 3. The van der Waals surface area contributed by atoms with Gasteiger partial charge in [-0.1, -0.05) is 15.9 Å². The summed E-state index contributed by atoms with van der Waals surface area (Å²) in [5, 5.41) is 12.0. The average Bonchev–Trinajstić information content (AvgIpc) is 2.29. The number of nitrogens with zero attached hydrogens (tertiary/aromatic N) is 1. The van der Waals surface area contributed by atoms with Gasteiger partial charge < -0.3 is 15.3 Å². The molecule has 0 aromatic heterocycles. The normalized spacial score (nSPS) is 25.3. The first kappa shape index (κ1) is 12.5. The van der Waals surface area contributed by atoms with Crippen LogP contribution in [0.25, 0.3) is 0 Å². The molecule has 1 aliphatic carbocycles. The van der Waals surface area contributed by atoms with Crippen molar-refractivity contribution in [3.8, 4) is 0 Å². The first-order valence-electron chi connectivity index (χ1n) is 6.14. The molecule has 6 heteroatoms. The van der Waals surface area contributed by atoms with Gasteiger partial charge in [0.25, 0.3) is 0 Å². The minimum atomic E-state index is -0.770. The highest BCUT2D eigenvalue weighted by Gasteiger charge is 2.42. The maximum Gasteiger partial charge on any atom is 0.306 e. The van der Waals surface area contributed by atoms with E-state index in [0.717, 1.165) is 15.8 Å². The van der Waals surface area contributed by atoms with Crippen molar-refractivity contribution < 1.29 is 14.7 Å². The molecule has 1 aromatic rings. The molecule has 100 valence electrons. The standard InChI is InChI=1S/C13H13BrN2O3/c14-8-1-2-10-11(5-8)16(12(17)6-15-10)9-3-7(4-9)13(18)19/h1-2,5,7,9,15H,3-4,6H2,(H,18,19). The monoisotopic (exact) mass is 324 g/mol. The Bertz CT molecular complexity index is 555. The molecule has 1 amide bonds. The Morgan fingerprint density at radius 2 is 2.16 bits per heavy atom. The minimum absolute atomic E-state index is 0.000520. The highest BCUT2D eigenvalue weighted by atomic mass is 79.9. The van der Waals surface area contributed by atoms with E-state index in [4.69, 9.17) is 5.11 Å². The maximum atomic E-state index is 12.1. The van der Waals surface area contributed by atoms with Gasteiger partial charge in [0.1, 0.15) is 0 Å². The molecular weight excluding hydrogens is 312 g/mol. The molecule has 1 fully saturated rings. The highest BCUT2D eigenvalue weighted by molar-refractivity contribution is 9.10. The molecule has 1 aromatic carbocycles. The van der Waals surface area contributed by atoms with Crippen molar-refractivity contribution >= 4 is 39.2 Å². The predicted molar refractivity (Wildman–Crippen MR) is 74.3 cm³/mol. The van der Waals surface area contributed by atoms with Crippen LogP contribution in [0.2, 0.25) is 0 Å². The third-order valence-electron chi connectivity index (χ3n) is 3.75. The molecule has 1 heterocycles. The number of carbonyl (C=O) groups excluding carboxylic acids is 1. The summed E-state index contributed by atoms with van der Waals surface area (Å²) in [5.41, 5.74) is 1.75. The summed E-state index contributed by atoms with van der Waals surface area (Å²) >= 11 is 3.40. The predicted octanol–water partition coefficient (Wildman–Crippen LogP) is 2.07. The van der Waals surface area contributed by atoms with Crippen LogP contribution in [0.1, 0.15) is 12.8 Å². The van der Waals surface area contributed by atoms with Crippen LogP contribution in [0, 0.1) is 5.92 Å². The number of anilines is 2. The van der Waals surface area contributed by atoms with Gasteiger partial charge in [-0.25, -0.2) is 0 Å². The number of carboxylic acid groups (broad SMARTS) is 1. The van der Waals surface area contributed by atoms with Gasteiger partial charge in [0.15, 0.2) is 0 Å². The van der Waals surface area contributed by atoms with Crippen LogP contribution in [0.5, 0.6) is 0 Å². The van der Waals surface area contributed by atoms with Gasteiger partial charge in [0.2, 0.25) is 5.91 Å². The lowest BCUT2D eigenvalue weighted by Crippen LogP contribution is -2.53. The summed E-state index contributed by atoms with van der Waals surface area (Å²) in [7, 11) is 0. The van der Waals surface area contributed by atoms with Gasteiger partial charge in [0.05, 0.1) is 23.8 Å². The number of hydrogen-bond donors (Lipinski definition) is 2. The number of aliphatic carboxylic acids is 1. The van der Waals surface area contributed by atoms with E-state index in [-0.39, 0.29) is 24.4 Å². The second kappa shape index (κ2) is 4.52. The molecule has 5 nitrogen and oxygen atoms in total. The smallest absolute Gasteiger partial charge is 0.306 e. The lowest BCUT2D eigenvalue weighted by molar-refractivity contribution is -0.145. The Morgan fingerprint density at radius 1 is 1.42 bits per heavy atom. The number of nitrogens with one attached hydrogen (secondary N) is 1. The summed E-state index contributed by atoms with van der Waals surface area (Å²) in [5.74, 6) is -1.09. The van der Waals surface area contributed by atoms with Crippen LogP contribution in [-0.2, 0) is 9.59 Å². The summed E-state index contributed by atoms with van der Waals surface area (Å²) in [6, 6.07) is 5.74. The largest absolute Gasteiger partial charge is 0.481 e. The Kier molecular flexibility index (Phi) is 2.97. The number of benzene rings is 1. The summed E-state index contributed by atoms with van der Waals surface area (Å²) in [6.45, 7) is 0.267. The zero-order chi connectivity index (χ0) is 13.6. The van der Waals surface area contributed by atoms with Gasteiger partial charge in [-0.3, -0.25) is 9.59 Å². The molecule has 0 atom stereocenters. The molecule has 0 bridgehead atoms. The fraction of sp³-hybridized carbons (Fsp3) is 0.385. The SMILES string of the molecule is O=C(O)C1CC(N2C(=O)CNc3ccc(Br)cc32)C1. The second-order valence-electron chi connectivity index (χ2n) is 4.94. The van der Waals surface area contributed by atoms with Crippen molar-refractivity contribution in [1.29, 1.82) is 0 Å². The molecule has 2 N–H and O–H groups in total. The number of carbonyl (C=O) groups is 2. The Balaban J connectivity index is 1.88. The Morgan fingerprint density at radius 3 is 2.84 bits per heavy atom. The number of fused-ring (bicyclic) bond motifs is 1. The fourth-order valence-corrected chi connectivity index (χ4v) is 2.99. The summed E-state index contributed by atoms with van der Waals surface area (Å²) in [4.78, 5) is 24.7. The second-order valence-corrected chi connectivity index (χ2v) is 5.85. The van der Waals surface area contributed by atoms with E-state index < -0.39 is 5.97 Å². The number of halogens is 1. The molecular formula is C13H13BrN2O3. The summed E-state index contributed by atoms with van der Waals surface area (Å²) in [6.07, 6.45) is 1.07. The van der Waals surface area contributed by atoms with E-state index in [1.54, 1.807) is 4.90 Å². The van der Waals surface area contributed by atoms with Crippen molar-refractivity contribution in [2.75, 3.05) is 16.8 Å². The first-order valence-corrected chi connectivity index (χ1v) is 6.94. The average molecular weight is 325 g/mol. The Hall–Kier alpha value is -1.56. The Labute approximate surface area is 118 Å². The zero-order valence-corrected chi connectivity index (χ0v) is 11.7. The van der Waals surface area contributed by atoms with Crippen molar-refractivity contribution in [1.82, 2.24) is 0 Å². The van der Waals surface area contributed by atoms with Gasteiger partial charge in [-0.15, -0.1) is 0 Å². The van der Waals surface area contributed by atoms with Gasteiger partial charge in [0, 0.05) is 10.5 Å². The van der Waals surface area contributed by atoms with Gasteiger partial charge >= 0.3 is 5.97 Å². The van der Waals surface area contributed by atoms with Gasteiger partial charge in [-0.05, 0) is 31.0 Å². The van der Waals surface area contributed by atoms with E-state index in [2.05, 4.69) is 21.2 Å². The minimum Gasteiger partial charge on any atom is -0.481 e. The van der Waals surface area contributed by atoms with Crippen LogP contribution < -0.4 is 10.2 Å². The molecule has 0 unspecified atom stereocenters. The third kappa shape index (κ3) is 2.10. The number of rotatable bonds is 2. The first-order chi connectivity index (χ1) is 9.06. The molecule has 3 rings (SSSR count). The van der Waals surface area contributed by atoms with E-state index in [1.165, 1.54) is 0 Å². The molecule has 0 spiro atoms. The molecule has 0 radical (unpaired) electrons. The molecule has 2 aliphatic rings. The maximum absolute atomic E-state index is 12.1. The van der Waals surface area contributed by atoms with Crippen LogP contribution in [0.4, 0.5) is 11.4 Å². The van der Waals surface area contributed by atoms with Crippen LogP contribution >= 0.6 is 15.9 Å². The fourth-order valence-electron chi connectivity index (χ4n) is 2.64. The van der Waals surface area contributed by atoms with Crippen LogP contribution in [-0.4, -0.2) is 29.6 Å². The van der Waals surface area contributed by atoms with Crippen molar-refractivity contribution in [3.63, 3.8) is 0 Å². The van der Waals surface area contributed by atoms with E-state index in [0.29, 0.717) is 12.8 Å². The highest BCUT2D eigenvalue weighted by Crippen LogP contribution is 2.40. The molecule has 1 saturated carbocycles. The van der Waals surface area contributed by atoms with Crippen LogP contribution in [0.3, 0.4) is 0 Å². The van der Waals surface area contributed by atoms with E-state index >= 15 is 0 Å². The number of carboxylic acids is 1. The van der Waals surface area contributed by atoms with Crippen LogP contribution in [0.15, 0.2) is 22.7 Å². The summed E-state index contributed by atoms with van der Waals surface area (Å²) < 4.78 is 0.904. The van der Waals surface area contributed by atoms with Crippen molar-refractivity contribution in [2.45, 2.75) is 18.9 Å². The van der Waals surface area contributed by atoms with E-state index in [9.17, 15) is 9.59 Å². The zero-order valence-electron chi connectivity index (χ0n) is 10.1. The molecule has 19 heavy (non-hydrogen) atoms. The van der Waals surface area contributed by atoms with E-state index in [1.807, 2.05) is 18.2 Å². The van der Waals surface area contributed by atoms with Crippen molar-refractivity contribution in [2.24, 2.45) is 5.92 Å². The lowest BCUT2D eigenvalue weighted by atomic mass is 9.79. The lowest BCUT2D eigenvalue weighted by Gasteiger charge is -2.43. The third-order valence-corrected chi connectivity index (χ3v) is 4.24. The quantitative estimate of drug-likeness (QED) is 0.873. The molecule has 0 saturated heterocycles.